The van der Waals surface area contributed by atoms with Gasteiger partial charge in [-0.3, -0.25) is 9.59 Å². The molecule has 3 aromatic rings. The average Bonchev–Trinajstić information content (AvgIpc) is 3.34. The van der Waals surface area contributed by atoms with Crippen molar-refractivity contribution < 1.29 is 31.9 Å². The lowest BCUT2D eigenvalue weighted by Crippen LogP contribution is -2.28. The third kappa shape index (κ3) is 6.71. The van der Waals surface area contributed by atoms with Crippen LogP contribution in [0.1, 0.15) is 41.1 Å². The van der Waals surface area contributed by atoms with Crippen LogP contribution in [0.3, 0.4) is 0 Å². The number of benzene rings is 1. The van der Waals surface area contributed by atoms with Gasteiger partial charge in [0.05, 0.1) is 22.4 Å². The summed E-state index contributed by atoms with van der Waals surface area (Å²) in [6.07, 6.45) is 3.90. The van der Waals surface area contributed by atoms with Gasteiger partial charge >= 0.3 is 5.97 Å². The summed E-state index contributed by atoms with van der Waals surface area (Å²) in [6, 6.07) is 4.13. The molecule has 1 aromatic carbocycles. The second-order valence-corrected chi connectivity index (χ2v) is 13.4. The van der Waals surface area contributed by atoms with E-state index >= 15 is 0 Å². The fraction of sp³-hybridized carbons (Fsp3) is 0.385. The number of nitrogens with zero attached hydrogens (tertiary/aromatic N) is 2. The summed E-state index contributed by atoms with van der Waals surface area (Å²) < 4.78 is 46.4. The van der Waals surface area contributed by atoms with Gasteiger partial charge in [-0.15, -0.1) is 17.9 Å². The van der Waals surface area contributed by atoms with Crippen molar-refractivity contribution in [2.45, 2.75) is 39.7 Å². The molecule has 0 saturated carbocycles. The standard InChI is InChI=1S/C26H28FN3O6S3/c1-4-10-30-18-9-7-16(27)12-20(18)38-26(30)29-22(32)14-39(34,35)13-21(31)28-24-23(25(33)36-5-2)17-8-6-15(3)11-19(17)37-24/h4,7,9,12,15H,1,5-6,8,10-11,13-14H2,2-3H3,(H,28,31). The molecule has 0 radical (unpaired) electrons. The maximum absolute atomic E-state index is 13.7. The first kappa shape index (κ1) is 28.8. The maximum Gasteiger partial charge on any atom is 0.341 e. The number of thiophene rings is 1. The molecule has 1 atom stereocenters. The molecule has 1 unspecified atom stereocenters. The van der Waals surface area contributed by atoms with Crippen LogP contribution in [0, 0.1) is 11.7 Å². The molecule has 9 nitrogen and oxygen atoms in total. The Bertz CT molecular complexity index is 1630. The molecule has 0 spiro atoms. The third-order valence-electron chi connectivity index (χ3n) is 6.12. The highest BCUT2D eigenvalue weighted by Crippen LogP contribution is 2.40. The number of ether oxygens (including phenoxy) is 1. The molecule has 0 aliphatic heterocycles. The molecular formula is C26H28FN3O6S3. The first-order valence-electron chi connectivity index (χ1n) is 12.3. The summed E-state index contributed by atoms with van der Waals surface area (Å²) in [5.41, 5.74) is 1.73. The second-order valence-electron chi connectivity index (χ2n) is 9.26. The monoisotopic (exact) mass is 593 g/mol. The van der Waals surface area contributed by atoms with E-state index in [9.17, 15) is 27.2 Å². The van der Waals surface area contributed by atoms with Crippen molar-refractivity contribution in [3.8, 4) is 0 Å². The molecule has 1 aliphatic rings. The van der Waals surface area contributed by atoms with E-state index in [1.54, 1.807) is 23.6 Å². The van der Waals surface area contributed by atoms with E-state index < -0.39 is 44.9 Å². The number of allylic oxidation sites excluding steroid dienone is 1. The Balaban J connectivity index is 1.51. The van der Waals surface area contributed by atoms with Crippen LogP contribution < -0.4 is 10.1 Å². The number of fused-ring (bicyclic) bond motifs is 2. The molecule has 2 amide bonds. The lowest BCUT2D eigenvalue weighted by atomic mass is 9.88. The predicted molar refractivity (Wildman–Crippen MR) is 149 cm³/mol. The number of carbonyl (C=O) groups is 3. The molecule has 1 N–H and O–H groups in total. The van der Waals surface area contributed by atoms with Crippen LogP contribution in [0.5, 0.6) is 0 Å². The van der Waals surface area contributed by atoms with Gasteiger partial charge in [-0.05, 0) is 55.9 Å². The van der Waals surface area contributed by atoms with Crippen LogP contribution >= 0.6 is 22.7 Å². The predicted octanol–water partition coefficient (Wildman–Crippen LogP) is 3.87. The van der Waals surface area contributed by atoms with E-state index in [0.717, 1.165) is 34.6 Å². The van der Waals surface area contributed by atoms with Crippen LogP contribution in [0.2, 0.25) is 0 Å². The lowest BCUT2D eigenvalue weighted by molar-refractivity contribution is -0.115. The van der Waals surface area contributed by atoms with E-state index in [1.165, 1.54) is 23.5 Å². The van der Waals surface area contributed by atoms with Crippen molar-refractivity contribution >= 4 is 65.5 Å². The number of aromatic nitrogens is 1. The zero-order valence-electron chi connectivity index (χ0n) is 21.5. The van der Waals surface area contributed by atoms with Gasteiger partial charge in [-0.25, -0.2) is 17.6 Å². The summed E-state index contributed by atoms with van der Waals surface area (Å²) in [6.45, 7) is 7.90. The number of amides is 2. The highest BCUT2D eigenvalue weighted by Gasteiger charge is 2.30. The fourth-order valence-corrected chi connectivity index (χ4v) is 7.95. The van der Waals surface area contributed by atoms with Gasteiger partial charge in [0.1, 0.15) is 22.3 Å². The summed E-state index contributed by atoms with van der Waals surface area (Å²) in [5, 5.41) is 2.82. The summed E-state index contributed by atoms with van der Waals surface area (Å²) in [5.74, 6) is -4.35. The molecule has 39 heavy (non-hydrogen) atoms. The molecule has 0 saturated heterocycles. The molecule has 13 heteroatoms. The minimum absolute atomic E-state index is 0.161. The zero-order valence-corrected chi connectivity index (χ0v) is 23.9. The SMILES string of the molecule is C=CCn1c(=NC(=O)CS(=O)(=O)CC(=O)Nc2sc3c(c2C(=O)OCC)CCC(C)C3)sc2cc(F)ccc21. The van der Waals surface area contributed by atoms with Crippen LogP contribution in [-0.4, -0.2) is 48.9 Å². The summed E-state index contributed by atoms with van der Waals surface area (Å²) in [7, 11) is -4.19. The number of sulfone groups is 1. The minimum Gasteiger partial charge on any atom is -0.462 e. The highest BCUT2D eigenvalue weighted by atomic mass is 32.2. The molecule has 1 aliphatic carbocycles. The van der Waals surface area contributed by atoms with Crippen molar-refractivity contribution in [2.75, 3.05) is 23.4 Å². The highest BCUT2D eigenvalue weighted by molar-refractivity contribution is 7.92. The van der Waals surface area contributed by atoms with E-state index in [0.29, 0.717) is 22.6 Å². The van der Waals surface area contributed by atoms with E-state index in [-0.39, 0.29) is 28.5 Å². The number of hydrogen-bond donors (Lipinski definition) is 1. The number of carbonyl (C=O) groups excluding carboxylic acids is 3. The second kappa shape index (κ2) is 11.9. The largest absolute Gasteiger partial charge is 0.462 e. The summed E-state index contributed by atoms with van der Waals surface area (Å²) in [4.78, 5) is 43.1. The number of esters is 1. The number of nitrogens with one attached hydrogen (secondary N) is 1. The fourth-order valence-electron chi connectivity index (χ4n) is 4.44. The topological polar surface area (TPSA) is 124 Å². The van der Waals surface area contributed by atoms with E-state index in [2.05, 4.69) is 23.8 Å². The minimum atomic E-state index is -4.19. The number of halogens is 1. The van der Waals surface area contributed by atoms with Crippen molar-refractivity contribution in [3.63, 3.8) is 0 Å². The Morgan fingerprint density at radius 3 is 2.77 bits per heavy atom. The number of hydrogen-bond acceptors (Lipinski definition) is 8. The Morgan fingerprint density at radius 2 is 2.05 bits per heavy atom. The van der Waals surface area contributed by atoms with Crippen LogP contribution in [-0.2, 0) is 43.5 Å². The van der Waals surface area contributed by atoms with Gasteiger partial charge in [0, 0.05) is 11.4 Å². The Morgan fingerprint density at radius 1 is 1.28 bits per heavy atom. The van der Waals surface area contributed by atoms with Gasteiger partial charge < -0.3 is 14.6 Å². The van der Waals surface area contributed by atoms with Crippen LogP contribution in [0.25, 0.3) is 10.2 Å². The quantitative estimate of drug-likeness (QED) is 0.297. The molecule has 2 aromatic heterocycles. The smallest absolute Gasteiger partial charge is 0.341 e. The van der Waals surface area contributed by atoms with Crippen molar-refractivity contribution in [3.05, 3.63) is 57.5 Å². The van der Waals surface area contributed by atoms with Crippen LogP contribution in [0.4, 0.5) is 9.39 Å². The van der Waals surface area contributed by atoms with Crippen molar-refractivity contribution in [1.82, 2.24) is 4.57 Å². The molecule has 4 rings (SSSR count). The lowest BCUT2D eigenvalue weighted by Gasteiger charge is -2.18. The molecule has 0 fully saturated rings. The molecule has 0 bridgehead atoms. The van der Waals surface area contributed by atoms with Gasteiger partial charge in [0.25, 0.3) is 5.91 Å². The third-order valence-corrected chi connectivity index (χ3v) is 9.72. The van der Waals surface area contributed by atoms with E-state index in [1.807, 2.05) is 0 Å². The van der Waals surface area contributed by atoms with E-state index in [4.69, 9.17) is 4.74 Å². The van der Waals surface area contributed by atoms with Crippen molar-refractivity contribution in [2.24, 2.45) is 10.9 Å². The Hall–Kier alpha value is -3.16. The zero-order chi connectivity index (χ0) is 28.3. The summed E-state index contributed by atoms with van der Waals surface area (Å²) >= 11 is 2.29. The first-order chi connectivity index (χ1) is 18.5. The van der Waals surface area contributed by atoms with Gasteiger partial charge in [-0.1, -0.05) is 24.3 Å². The molecular weight excluding hydrogens is 566 g/mol. The number of thiazole rings is 1. The van der Waals surface area contributed by atoms with Crippen LogP contribution in [0.15, 0.2) is 35.8 Å². The Kier molecular flexibility index (Phi) is 8.82. The number of rotatable bonds is 9. The first-order valence-corrected chi connectivity index (χ1v) is 15.8. The molecule has 2 heterocycles. The number of anilines is 1. The van der Waals surface area contributed by atoms with Gasteiger partial charge in [0.15, 0.2) is 14.6 Å². The normalized spacial score (nSPS) is 15.7. The Labute approximate surface area is 232 Å². The van der Waals surface area contributed by atoms with Gasteiger partial charge in [-0.2, -0.15) is 4.99 Å². The van der Waals surface area contributed by atoms with Crippen molar-refractivity contribution in [1.29, 1.82) is 0 Å². The molecule has 208 valence electrons. The van der Waals surface area contributed by atoms with Gasteiger partial charge in [0.2, 0.25) is 5.91 Å². The average molecular weight is 594 g/mol. The maximum atomic E-state index is 13.7.